The van der Waals surface area contributed by atoms with Crippen molar-refractivity contribution < 1.29 is 4.79 Å². The van der Waals surface area contributed by atoms with Crippen LogP contribution >= 0.6 is 0 Å². The lowest BCUT2D eigenvalue weighted by Crippen LogP contribution is -2.71. The second kappa shape index (κ2) is 4.27. The highest BCUT2D eigenvalue weighted by Gasteiger charge is 2.46. The van der Waals surface area contributed by atoms with E-state index in [9.17, 15) is 4.79 Å². The van der Waals surface area contributed by atoms with Crippen LogP contribution in [-0.2, 0) is 4.79 Å². The SMILES string of the molecule is CC1(C)CN(C2CCCCC2)C(C)(C)C(=O)N1. The normalized spacial score (nSPS) is 30.0. The van der Waals surface area contributed by atoms with Gasteiger partial charge in [-0.3, -0.25) is 9.69 Å². The smallest absolute Gasteiger partial charge is 0.240 e. The van der Waals surface area contributed by atoms with E-state index >= 15 is 0 Å². The fraction of sp³-hybridized carbons (Fsp3) is 0.929. The summed E-state index contributed by atoms with van der Waals surface area (Å²) in [6, 6.07) is 0.601. The van der Waals surface area contributed by atoms with Gasteiger partial charge in [0.05, 0.1) is 5.54 Å². The average molecular weight is 238 g/mol. The lowest BCUT2D eigenvalue weighted by molar-refractivity contribution is -0.143. The fourth-order valence-electron chi connectivity index (χ4n) is 3.23. The summed E-state index contributed by atoms with van der Waals surface area (Å²) >= 11 is 0. The van der Waals surface area contributed by atoms with Crippen molar-refractivity contribution in [1.29, 1.82) is 0 Å². The lowest BCUT2D eigenvalue weighted by atomic mass is 9.84. The first-order chi connectivity index (χ1) is 7.83. The minimum Gasteiger partial charge on any atom is -0.348 e. The van der Waals surface area contributed by atoms with E-state index in [1.54, 1.807) is 0 Å². The maximum atomic E-state index is 12.2. The van der Waals surface area contributed by atoms with Crippen LogP contribution < -0.4 is 5.32 Å². The second-order valence-corrected chi connectivity index (χ2v) is 6.82. The highest BCUT2D eigenvalue weighted by atomic mass is 16.2. The van der Waals surface area contributed by atoms with Crippen molar-refractivity contribution in [2.45, 2.75) is 76.9 Å². The van der Waals surface area contributed by atoms with Crippen molar-refractivity contribution in [1.82, 2.24) is 10.2 Å². The van der Waals surface area contributed by atoms with Crippen molar-refractivity contribution >= 4 is 5.91 Å². The van der Waals surface area contributed by atoms with Gasteiger partial charge in [0.2, 0.25) is 5.91 Å². The van der Waals surface area contributed by atoms with Gasteiger partial charge in [-0.25, -0.2) is 0 Å². The van der Waals surface area contributed by atoms with Gasteiger partial charge in [-0.2, -0.15) is 0 Å². The molecule has 3 nitrogen and oxygen atoms in total. The number of nitrogens with one attached hydrogen (secondary N) is 1. The topological polar surface area (TPSA) is 32.3 Å². The number of piperazine rings is 1. The van der Waals surface area contributed by atoms with E-state index in [0.29, 0.717) is 6.04 Å². The Morgan fingerprint density at radius 1 is 1.12 bits per heavy atom. The number of amides is 1. The van der Waals surface area contributed by atoms with Gasteiger partial charge in [-0.1, -0.05) is 19.3 Å². The van der Waals surface area contributed by atoms with E-state index in [2.05, 4.69) is 37.9 Å². The van der Waals surface area contributed by atoms with Crippen molar-refractivity contribution in [3.05, 3.63) is 0 Å². The number of rotatable bonds is 1. The van der Waals surface area contributed by atoms with Gasteiger partial charge in [0, 0.05) is 18.1 Å². The summed E-state index contributed by atoms with van der Waals surface area (Å²) in [6.07, 6.45) is 6.51. The molecule has 0 aromatic rings. The first kappa shape index (κ1) is 12.9. The average Bonchev–Trinajstić information content (AvgIpc) is 2.25. The Morgan fingerprint density at radius 2 is 1.71 bits per heavy atom. The van der Waals surface area contributed by atoms with Crippen LogP contribution in [0.4, 0.5) is 0 Å². The third-order valence-electron chi connectivity index (χ3n) is 4.31. The predicted molar refractivity (Wildman–Crippen MR) is 69.9 cm³/mol. The monoisotopic (exact) mass is 238 g/mol. The minimum absolute atomic E-state index is 0.0932. The quantitative estimate of drug-likeness (QED) is 0.760. The van der Waals surface area contributed by atoms with Gasteiger partial charge in [-0.05, 0) is 40.5 Å². The third-order valence-corrected chi connectivity index (χ3v) is 4.31. The first-order valence-corrected chi connectivity index (χ1v) is 6.92. The Kier molecular flexibility index (Phi) is 3.23. The first-order valence-electron chi connectivity index (χ1n) is 6.92. The number of carbonyl (C=O) groups excluding carboxylic acids is 1. The van der Waals surface area contributed by atoms with Gasteiger partial charge in [0.15, 0.2) is 0 Å². The second-order valence-electron chi connectivity index (χ2n) is 6.82. The Balaban J connectivity index is 2.19. The van der Waals surface area contributed by atoms with Crippen molar-refractivity contribution in [2.24, 2.45) is 0 Å². The standard InChI is InChI=1S/C14H26N2O/c1-13(2)10-16(11-8-6-5-7-9-11)14(3,4)12(17)15-13/h11H,5-10H2,1-4H3,(H,15,17). The van der Waals surface area contributed by atoms with Crippen LogP contribution in [-0.4, -0.2) is 34.5 Å². The molecular formula is C14H26N2O. The lowest BCUT2D eigenvalue weighted by Gasteiger charge is -2.52. The molecule has 2 rings (SSSR count). The van der Waals surface area contributed by atoms with Crippen LogP contribution in [0.25, 0.3) is 0 Å². The number of hydrogen-bond donors (Lipinski definition) is 1. The molecule has 0 aromatic carbocycles. The fourth-order valence-corrected chi connectivity index (χ4v) is 3.23. The number of nitrogens with zero attached hydrogens (tertiary/aromatic N) is 1. The van der Waals surface area contributed by atoms with Crippen LogP contribution in [0.5, 0.6) is 0 Å². The molecule has 1 aliphatic carbocycles. The predicted octanol–water partition coefficient (Wildman–Crippen LogP) is 2.31. The van der Waals surface area contributed by atoms with E-state index in [4.69, 9.17) is 0 Å². The van der Waals surface area contributed by atoms with Crippen molar-refractivity contribution in [3.8, 4) is 0 Å². The summed E-state index contributed by atoms with van der Waals surface area (Å²) < 4.78 is 0. The third kappa shape index (κ3) is 2.49. The molecule has 0 spiro atoms. The summed E-state index contributed by atoms with van der Waals surface area (Å²) in [5, 5.41) is 3.13. The zero-order chi connectivity index (χ0) is 12.7. The molecule has 1 saturated carbocycles. The minimum atomic E-state index is -0.350. The van der Waals surface area contributed by atoms with Crippen LogP contribution in [0.15, 0.2) is 0 Å². The molecule has 0 unspecified atom stereocenters. The molecule has 2 aliphatic rings. The van der Waals surface area contributed by atoms with Crippen LogP contribution in [0, 0.1) is 0 Å². The van der Waals surface area contributed by atoms with E-state index in [0.717, 1.165) is 6.54 Å². The summed E-state index contributed by atoms with van der Waals surface area (Å²) in [5.74, 6) is 0.180. The molecule has 1 saturated heterocycles. The van der Waals surface area contributed by atoms with Gasteiger partial charge in [-0.15, -0.1) is 0 Å². The molecule has 0 radical (unpaired) electrons. The van der Waals surface area contributed by atoms with Crippen LogP contribution in [0.1, 0.15) is 59.8 Å². The molecule has 0 atom stereocenters. The molecule has 2 fully saturated rings. The Hall–Kier alpha value is -0.570. The highest BCUT2D eigenvalue weighted by Crippen LogP contribution is 2.32. The number of carbonyl (C=O) groups is 1. The summed E-state index contributed by atoms with van der Waals surface area (Å²) in [5.41, 5.74) is -0.443. The Morgan fingerprint density at radius 3 is 2.29 bits per heavy atom. The Labute approximate surface area is 105 Å². The van der Waals surface area contributed by atoms with Crippen LogP contribution in [0.2, 0.25) is 0 Å². The highest BCUT2D eigenvalue weighted by molar-refractivity contribution is 5.87. The van der Waals surface area contributed by atoms with Crippen molar-refractivity contribution in [3.63, 3.8) is 0 Å². The molecule has 3 heteroatoms. The van der Waals surface area contributed by atoms with Gasteiger partial charge in [0.25, 0.3) is 0 Å². The maximum absolute atomic E-state index is 12.2. The molecule has 1 amide bonds. The molecule has 17 heavy (non-hydrogen) atoms. The molecule has 1 aliphatic heterocycles. The molecular weight excluding hydrogens is 212 g/mol. The molecule has 1 heterocycles. The van der Waals surface area contributed by atoms with Gasteiger partial charge < -0.3 is 5.32 Å². The summed E-state index contributed by atoms with van der Waals surface area (Å²) in [6.45, 7) is 9.33. The van der Waals surface area contributed by atoms with E-state index in [1.165, 1.54) is 32.1 Å². The molecule has 98 valence electrons. The van der Waals surface area contributed by atoms with E-state index in [1.807, 2.05) is 0 Å². The molecule has 1 N–H and O–H groups in total. The van der Waals surface area contributed by atoms with Crippen LogP contribution in [0.3, 0.4) is 0 Å². The van der Waals surface area contributed by atoms with Gasteiger partial charge in [0.1, 0.15) is 0 Å². The zero-order valence-corrected chi connectivity index (χ0v) is 11.7. The van der Waals surface area contributed by atoms with E-state index in [-0.39, 0.29) is 17.0 Å². The zero-order valence-electron chi connectivity index (χ0n) is 11.7. The molecule has 0 aromatic heterocycles. The largest absolute Gasteiger partial charge is 0.348 e. The number of hydrogen-bond acceptors (Lipinski definition) is 2. The summed E-state index contributed by atoms with van der Waals surface area (Å²) in [4.78, 5) is 14.7. The summed E-state index contributed by atoms with van der Waals surface area (Å²) in [7, 11) is 0. The van der Waals surface area contributed by atoms with Gasteiger partial charge >= 0.3 is 0 Å². The Bertz CT molecular complexity index is 303. The van der Waals surface area contributed by atoms with Crippen molar-refractivity contribution in [2.75, 3.05) is 6.54 Å². The maximum Gasteiger partial charge on any atom is 0.240 e. The molecule has 0 bridgehead atoms. The van der Waals surface area contributed by atoms with E-state index < -0.39 is 0 Å².